The van der Waals surface area contributed by atoms with Crippen LogP contribution >= 0.6 is 0 Å². The molecule has 32 heavy (non-hydrogen) atoms. The summed E-state index contributed by atoms with van der Waals surface area (Å²) in [5.41, 5.74) is 4.51. The Labute approximate surface area is 194 Å². The molecule has 0 fully saturated rings. The number of benzene rings is 1. The van der Waals surface area contributed by atoms with Gasteiger partial charge in [0.05, 0.1) is 0 Å². The summed E-state index contributed by atoms with van der Waals surface area (Å²) in [4.78, 5) is 22.6. The van der Waals surface area contributed by atoms with Crippen molar-refractivity contribution < 1.29 is 14.8 Å². The fourth-order valence-electron chi connectivity index (χ4n) is 3.31. The average Bonchev–Trinajstić information content (AvgIpc) is 2.76. The van der Waals surface area contributed by atoms with Crippen LogP contribution < -0.4 is 21.4 Å². The number of hydrogen-bond acceptors (Lipinski definition) is 5. The van der Waals surface area contributed by atoms with E-state index < -0.39 is 0 Å². The third-order valence-electron chi connectivity index (χ3n) is 5.39. The van der Waals surface area contributed by atoms with Crippen molar-refractivity contribution in [3.8, 4) is 0 Å². The van der Waals surface area contributed by atoms with Gasteiger partial charge in [0.2, 0.25) is 11.8 Å². The second kappa shape index (κ2) is 16.6. The SMILES string of the molecule is CC(C)(C)c1ccc(CNCCCCNCCCNC(=O)CCCCCC(=O)NO)cc1. The Morgan fingerprint density at radius 1 is 0.750 bits per heavy atom. The van der Waals surface area contributed by atoms with Crippen molar-refractivity contribution in [2.75, 3.05) is 26.2 Å². The van der Waals surface area contributed by atoms with Crippen LogP contribution in [-0.2, 0) is 21.5 Å². The Hall–Kier alpha value is -1.96. The molecule has 0 unspecified atom stereocenters. The lowest BCUT2D eigenvalue weighted by Gasteiger charge is -2.19. The maximum absolute atomic E-state index is 11.7. The minimum atomic E-state index is -0.375. The summed E-state index contributed by atoms with van der Waals surface area (Å²) in [5.74, 6) is -0.309. The van der Waals surface area contributed by atoms with Gasteiger partial charge in [-0.15, -0.1) is 0 Å². The highest BCUT2D eigenvalue weighted by molar-refractivity contribution is 5.76. The van der Waals surface area contributed by atoms with Gasteiger partial charge in [0.1, 0.15) is 0 Å². The highest BCUT2D eigenvalue weighted by atomic mass is 16.5. The van der Waals surface area contributed by atoms with Gasteiger partial charge < -0.3 is 16.0 Å². The maximum atomic E-state index is 11.7. The number of carbonyl (C=O) groups excluding carboxylic acids is 2. The molecule has 0 heterocycles. The summed E-state index contributed by atoms with van der Waals surface area (Å²) in [6, 6.07) is 8.89. The van der Waals surface area contributed by atoms with Crippen LogP contribution in [0.15, 0.2) is 24.3 Å². The fourth-order valence-corrected chi connectivity index (χ4v) is 3.31. The Balaban J connectivity index is 1.88. The fraction of sp³-hybridized carbons (Fsp3) is 0.680. The molecule has 0 saturated carbocycles. The van der Waals surface area contributed by atoms with Crippen LogP contribution in [0.1, 0.15) is 83.3 Å². The van der Waals surface area contributed by atoms with E-state index in [1.54, 1.807) is 5.48 Å². The van der Waals surface area contributed by atoms with Crippen LogP contribution in [0.3, 0.4) is 0 Å². The first kappa shape index (κ1) is 28.1. The molecule has 0 aliphatic rings. The average molecular weight is 449 g/mol. The number of rotatable bonds is 17. The van der Waals surface area contributed by atoms with E-state index in [0.717, 1.165) is 58.3 Å². The summed E-state index contributed by atoms with van der Waals surface area (Å²) >= 11 is 0. The smallest absolute Gasteiger partial charge is 0.243 e. The largest absolute Gasteiger partial charge is 0.356 e. The van der Waals surface area contributed by atoms with Crippen molar-refractivity contribution in [2.24, 2.45) is 0 Å². The monoisotopic (exact) mass is 448 g/mol. The van der Waals surface area contributed by atoms with Crippen LogP contribution in [0.2, 0.25) is 0 Å². The predicted octanol–water partition coefficient (Wildman–Crippen LogP) is 3.41. The summed E-state index contributed by atoms with van der Waals surface area (Å²) in [7, 11) is 0. The first-order valence-electron chi connectivity index (χ1n) is 12.0. The minimum absolute atomic E-state index is 0.0655. The van der Waals surface area contributed by atoms with E-state index in [9.17, 15) is 9.59 Å². The van der Waals surface area contributed by atoms with E-state index in [4.69, 9.17) is 5.21 Å². The van der Waals surface area contributed by atoms with Gasteiger partial charge in [-0.25, -0.2) is 5.48 Å². The van der Waals surface area contributed by atoms with Crippen LogP contribution in [0, 0.1) is 0 Å². The molecule has 7 heteroatoms. The molecule has 0 saturated heterocycles. The number of nitrogens with one attached hydrogen (secondary N) is 4. The van der Waals surface area contributed by atoms with E-state index in [-0.39, 0.29) is 17.2 Å². The second-order valence-corrected chi connectivity index (χ2v) is 9.38. The minimum Gasteiger partial charge on any atom is -0.356 e. The zero-order chi connectivity index (χ0) is 23.7. The molecule has 1 rings (SSSR count). The van der Waals surface area contributed by atoms with Gasteiger partial charge in [-0.1, -0.05) is 51.5 Å². The summed E-state index contributed by atoms with van der Waals surface area (Å²) in [6.45, 7) is 11.2. The lowest BCUT2D eigenvalue weighted by molar-refractivity contribution is -0.129. The lowest BCUT2D eigenvalue weighted by Crippen LogP contribution is -2.27. The number of amides is 2. The highest BCUT2D eigenvalue weighted by Gasteiger charge is 2.12. The molecule has 182 valence electrons. The predicted molar refractivity (Wildman–Crippen MR) is 130 cm³/mol. The van der Waals surface area contributed by atoms with E-state index >= 15 is 0 Å². The quantitative estimate of drug-likeness (QED) is 0.143. The molecule has 0 atom stereocenters. The molecule has 0 aliphatic heterocycles. The Bertz CT molecular complexity index is 642. The van der Waals surface area contributed by atoms with Crippen molar-refractivity contribution in [1.82, 2.24) is 21.4 Å². The van der Waals surface area contributed by atoms with E-state index in [0.29, 0.717) is 25.8 Å². The van der Waals surface area contributed by atoms with Crippen molar-refractivity contribution in [3.05, 3.63) is 35.4 Å². The van der Waals surface area contributed by atoms with Gasteiger partial charge in [-0.2, -0.15) is 0 Å². The Morgan fingerprint density at radius 3 is 1.97 bits per heavy atom. The normalized spacial score (nSPS) is 11.4. The summed E-state index contributed by atoms with van der Waals surface area (Å²) < 4.78 is 0. The first-order valence-corrected chi connectivity index (χ1v) is 12.0. The molecule has 0 radical (unpaired) electrons. The van der Waals surface area contributed by atoms with E-state index in [1.165, 1.54) is 11.1 Å². The van der Waals surface area contributed by atoms with Crippen LogP contribution in [0.4, 0.5) is 0 Å². The van der Waals surface area contributed by atoms with Crippen LogP contribution in [0.5, 0.6) is 0 Å². The van der Waals surface area contributed by atoms with Gasteiger partial charge in [0, 0.05) is 25.9 Å². The standard InChI is InChI=1S/C25H44N4O3/c1-25(2,3)22-14-12-21(13-15-22)20-27-17-8-7-16-26-18-9-19-28-23(30)10-5-4-6-11-24(31)29-32/h12-15,26-27,32H,4-11,16-20H2,1-3H3,(H,28,30)(H,29,31). The van der Waals surface area contributed by atoms with Crippen molar-refractivity contribution in [3.63, 3.8) is 0 Å². The zero-order valence-corrected chi connectivity index (χ0v) is 20.3. The van der Waals surface area contributed by atoms with E-state index in [1.807, 2.05) is 0 Å². The maximum Gasteiger partial charge on any atom is 0.243 e. The summed E-state index contributed by atoms with van der Waals surface area (Å²) in [6.07, 6.45) is 6.24. The second-order valence-electron chi connectivity index (χ2n) is 9.38. The number of carbonyl (C=O) groups is 2. The third kappa shape index (κ3) is 14.2. The summed E-state index contributed by atoms with van der Waals surface area (Å²) in [5, 5.41) is 18.3. The van der Waals surface area contributed by atoms with Crippen LogP contribution in [0.25, 0.3) is 0 Å². The lowest BCUT2D eigenvalue weighted by atomic mass is 9.87. The molecule has 1 aromatic carbocycles. The van der Waals surface area contributed by atoms with Gasteiger partial charge in [-0.3, -0.25) is 14.8 Å². The van der Waals surface area contributed by atoms with Crippen LogP contribution in [-0.4, -0.2) is 43.2 Å². The molecule has 1 aromatic rings. The first-order chi connectivity index (χ1) is 15.3. The number of unbranched alkanes of at least 4 members (excludes halogenated alkanes) is 3. The van der Waals surface area contributed by atoms with E-state index in [2.05, 4.69) is 61.0 Å². The number of hydroxylamine groups is 1. The molecular formula is C25H44N4O3. The van der Waals surface area contributed by atoms with Crippen molar-refractivity contribution in [1.29, 1.82) is 0 Å². The molecule has 0 aromatic heterocycles. The molecule has 2 amide bonds. The highest BCUT2D eigenvalue weighted by Crippen LogP contribution is 2.22. The topological polar surface area (TPSA) is 102 Å². The van der Waals surface area contributed by atoms with Gasteiger partial charge in [0.25, 0.3) is 0 Å². The molecule has 5 N–H and O–H groups in total. The van der Waals surface area contributed by atoms with Gasteiger partial charge in [0.15, 0.2) is 0 Å². The number of hydrogen-bond donors (Lipinski definition) is 5. The molecule has 0 bridgehead atoms. The Kier molecular flexibility index (Phi) is 14.6. The zero-order valence-electron chi connectivity index (χ0n) is 20.3. The Morgan fingerprint density at radius 2 is 1.34 bits per heavy atom. The third-order valence-corrected chi connectivity index (χ3v) is 5.39. The molecular weight excluding hydrogens is 404 g/mol. The van der Waals surface area contributed by atoms with Gasteiger partial charge in [-0.05, 0) is 68.3 Å². The molecule has 7 nitrogen and oxygen atoms in total. The van der Waals surface area contributed by atoms with Gasteiger partial charge >= 0.3 is 0 Å². The van der Waals surface area contributed by atoms with Crippen molar-refractivity contribution >= 4 is 11.8 Å². The molecule has 0 spiro atoms. The molecule has 0 aliphatic carbocycles. The van der Waals surface area contributed by atoms with Crippen molar-refractivity contribution in [2.45, 2.75) is 84.1 Å².